The van der Waals surface area contributed by atoms with Gasteiger partial charge in [-0.2, -0.15) is 4.31 Å². The van der Waals surface area contributed by atoms with Gasteiger partial charge in [0.1, 0.15) is 17.3 Å². The molecule has 0 aliphatic carbocycles. The van der Waals surface area contributed by atoms with Crippen LogP contribution < -0.4 is 4.74 Å². The van der Waals surface area contributed by atoms with E-state index in [0.717, 1.165) is 4.31 Å². The molecule has 0 radical (unpaired) electrons. The third-order valence-electron chi connectivity index (χ3n) is 4.70. The zero-order chi connectivity index (χ0) is 23.3. The molecule has 2 N–H and O–H groups in total. The summed E-state index contributed by atoms with van der Waals surface area (Å²) < 4.78 is 46.0. The highest BCUT2D eigenvalue weighted by Gasteiger charge is 2.34. The first-order chi connectivity index (χ1) is 15.2. The van der Waals surface area contributed by atoms with E-state index in [0.29, 0.717) is 11.5 Å². The van der Waals surface area contributed by atoms with E-state index in [1.807, 2.05) is 0 Å². The molecule has 0 bridgehead atoms. The lowest BCUT2D eigenvalue weighted by Crippen LogP contribution is -2.44. The Kier molecular flexibility index (Phi) is 7.06. The predicted octanol–water partition coefficient (Wildman–Crippen LogP) is 3.68. The van der Waals surface area contributed by atoms with Crippen LogP contribution in [-0.4, -0.2) is 47.2 Å². The molecule has 0 amide bonds. The maximum absolute atomic E-state index is 13.3. The van der Waals surface area contributed by atoms with E-state index >= 15 is 0 Å². The standard InChI is InChI=1S/C22H21FN2O6S/c1-15(22(28)20-3-2-13-24-20)25(14-12-21(26)27)32(29,30)19-10-8-18(9-11-19)31-17-6-4-16(23)5-7-17/h2-11,13,15,24H,12,14H2,1H3,(H,26,27). The Balaban J connectivity index is 1.85. The highest BCUT2D eigenvalue weighted by atomic mass is 32.2. The average molecular weight is 460 g/mol. The molecule has 0 aliphatic heterocycles. The number of halogens is 1. The van der Waals surface area contributed by atoms with Crippen molar-refractivity contribution in [2.45, 2.75) is 24.3 Å². The summed E-state index contributed by atoms with van der Waals surface area (Å²) in [6, 6.07) is 12.8. The minimum Gasteiger partial charge on any atom is -0.481 e. The molecular formula is C22H21FN2O6S. The first kappa shape index (κ1) is 23.2. The maximum Gasteiger partial charge on any atom is 0.304 e. The average Bonchev–Trinajstić information content (AvgIpc) is 3.30. The van der Waals surface area contributed by atoms with Gasteiger partial charge in [0.2, 0.25) is 10.0 Å². The molecule has 32 heavy (non-hydrogen) atoms. The summed E-state index contributed by atoms with van der Waals surface area (Å²) in [6.45, 7) is 1.04. The number of Topliss-reactive ketones (excluding diaryl/α,β-unsaturated/α-hetero) is 1. The van der Waals surface area contributed by atoms with Crippen LogP contribution in [0.25, 0.3) is 0 Å². The smallest absolute Gasteiger partial charge is 0.304 e. The summed E-state index contributed by atoms with van der Waals surface area (Å²) in [4.78, 5) is 26.4. The van der Waals surface area contributed by atoms with Crippen LogP contribution in [0.4, 0.5) is 4.39 Å². The highest BCUT2D eigenvalue weighted by molar-refractivity contribution is 7.89. The SMILES string of the molecule is CC(C(=O)c1ccc[nH]1)N(CCC(=O)O)S(=O)(=O)c1ccc(Oc2ccc(F)cc2)cc1. The lowest BCUT2D eigenvalue weighted by molar-refractivity contribution is -0.137. The van der Waals surface area contributed by atoms with Gasteiger partial charge in [0, 0.05) is 12.7 Å². The van der Waals surface area contributed by atoms with Crippen molar-refractivity contribution in [3.63, 3.8) is 0 Å². The molecule has 0 aliphatic rings. The quantitative estimate of drug-likeness (QED) is 0.446. The minimum atomic E-state index is -4.20. The van der Waals surface area contributed by atoms with Gasteiger partial charge in [-0.1, -0.05) is 0 Å². The lowest BCUT2D eigenvalue weighted by atomic mass is 10.1. The van der Waals surface area contributed by atoms with Crippen molar-refractivity contribution in [3.8, 4) is 11.5 Å². The number of benzene rings is 2. The summed E-state index contributed by atoms with van der Waals surface area (Å²) in [7, 11) is -4.20. The number of carbonyl (C=O) groups excluding carboxylic acids is 1. The van der Waals surface area contributed by atoms with Gasteiger partial charge in [0.25, 0.3) is 0 Å². The summed E-state index contributed by atoms with van der Waals surface area (Å²) >= 11 is 0. The molecule has 10 heteroatoms. The second-order valence-corrected chi connectivity index (χ2v) is 8.80. The Morgan fingerprint density at radius 3 is 2.19 bits per heavy atom. The van der Waals surface area contributed by atoms with Crippen LogP contribution in [0.5, 0.6) is 11.5 Å². The largest absolute Gasteiger partial charge is 0.481 e. The predicted molar refractivity (Wildman–Crippen MR) is 114 cm³/mol. The number of aliphatic carboxylic acids is 1. The molecule has 0 fully saturated rings. The topological polar surface area (TPSA) is 117 Å². The number of aromatic nitrogens is 1. The van der Waals surface area contributed by atoms with Crippen molar-refractivity contribution < 1.29 is 32.2 Å². The molecule has 0 saturated carbocycles. The number of H-pyrrole nitrogens is 1. The van der Waals surface area contributed by atoms with Crippen molar-refractivity contribution in [1.29, 1.82) is 0 Å². The third-order valence-corrected chi connectivity index (χ3v) is 6.68. The summed E-state index contributed by atoms with van der Waals surface area (Å²) in [6.07, 6.45) is 1.07. The molecule has 0 saturated heterocycles. The molecule has 0 spiro atoms. The number of ether oxygens (including phenoxy) is 1. The molecule has 3 aromatic rings. The van der Waals surface area contributed by atoms with Gasteiger partial charge < -0.3 is 14.8 Å². The van der Waals surface area contributed by atoms with Gasteiger partial charge >= 0.3 is 5.97 Å². The van der Waals surface area contributed by atoms with E-state index < -0.39 is 40.1 Å². The molecule has 1 aromatic heterocycles. The van der Waals surface area contributed by atoms with Crippen LogP contribution in [0.15, 0.2) is 71.8 Å². The second-order valence-electron chi connectivity index (χ2n) is 6.91. The first-order valence-corrected chi connectivity index (χ1v) is 11.1. The van der Waals surface area contributed by atoms with Crippen LogP contribution in [0, 0.1) is 5.82 Å². The van der Waals surface area contributed by atoms with E-state index in [4.69, 9.17) is 9.84 Å². The third kappa shape index (κ3) is 5.40. The maximum atomic E-state index is 13.3. The van der Waals surface area contributed by atoms with Crippen LogP contribution in [0.1, 0.15) is 23.8 Å². The van der Waals surface area contributed by atoms with Crippen LogP contribution in [0.2, 0.25) is 0 Å². The zero-order valence-electron chi connectivity index (χ0n) is 17.1. The summed E-state index contributed by atoms with van der Waals surface area (Å²) in [5, 5.41) is 9.04. The van der Waals surface area contributed by atoms with E-state index in [2.05, 4.69) is 4.98 Å². The molecule has 1 heterocycles. The minimum absolute atomic E-state index is 0.125. The fourth-order valence-electron chi connectivity index (χ4n) is 3.02. The van der Waals surface area contributed by atoms with Crippen molar-refractivity contribution in [1.82, 2.24) is 9.29 Å². The van der Waals surface area contributed by atoms with Crippen molar-refractivity contribution >= 4 is 21.8 Å². The highest BCUT2D eigenvalue weighted by Crippen LogP contribution is 2.26. The van der Waals surface area contributed by atoms with Gasteiger partial charge in [-0.3, -0.25) is 9.59 Å². The van der Waals surface area contributed by atoms with Crippen LogP contribution in [0.3, 0.4) is 0 Å². The molecule has 2 aromatic carbocycles. The molecule has 168 valence electrons. The van der Waals surface area contributed by atoms with Gasteiger partial charge in [0.15, 0.2) is 5.78 Å². The Morgan fingerprint density at radius 1 is 1.06 bits per heavy atom. The molecular weight excluding hydrogens is 439 g/mol. The first-order valence-electron chi connectivity index (χ1n) is 9.63. The Morgan fingerprint density at radius 2 is 1.66 bits per heavy atom. The van der Waals surface area contributed by atoms with Gasteiger partial charge in [-0.15, -0.1) is 0 Å². The van der Waals surface area contributed by atoms with E-state index in [9.17, 15) is 22.4 Å². The van der Waals surface area contributed by atoms with Crippen molar-refractivity contribution in [2.24, 2.45) is 0 Å². The van der Waals surface area contributed by atoms with Gasteiger partial charge in [-0.05, 0) is 67.6 Å². The Bertz CT molecular complexity index is 1180. The second kappa shape index (κ2) is 9.75. The van der Waals surface area contributed by atoms with E-state index in [-0.39, 0.29) is 17.1 Å². The number of ketones is 1. The van der Waals surface area contributed by atoms with Crippen molar-refractivity contribution in [2.75, 3.05) is 6.54 Å². The van der Waals surface area contributed by atoms with E-state index in [1.165, 1.54) is 67.7 Å². The van der Waals surface area contributed by atoms with Gasteiger partial charge in [-0.25, -0.2) is 12.8 Å². The number of nitrogens with zero attached hydrogens (tertiary/aromatic N) is 1. The Labute approximate surface area is 184 Å². The monoisotopic (exact) mass is 460 g/mol. The zero-order valence-corrected chi connectivity index (χ0v) is 17.9. The number of carboxylic acids is 1. The molecule has 1 atom stereocenters. The molecule has 8 nitrogen and oxygen atoms in total. The number of nitrogens with one attached hydrogen (secondary N) is 1. The number of carbonyl (C=O) groups is 2. The number of carboxylic acid groups (broad SMARTS) is 1. The summed E-state index contributed by atoms with van der Waals surface area (Å²) in [5.74, 6) is -1.39. The number of rotatable bonds is 10. The number of hydrogen-bond acceptors (Lipinski definition) is 5. The number of aromatic amines is 1. The normalized spacial score (nSPS) is 12.5. The summed E-state index contributed by atoms with van der Waals surface area (Å²) in [5.41, 5.74) is 0.219. The van der Waals surface area contributed by atoms with Crippen LogP contribution >= 0.6 is 0 Å². The fourth-order valence-corrected chi connectivity index (χ4v) is 4.62. The lowest BCUT2D eigenvalue weighted by Gasteiger charge is -2.27. The molecule has 1 unspecified atom stereocenters. The fraction of sp³-hybridized carbons (Fsp3) is 0.182. The van der Waals surface area contributed by atoms with Crippen molar-refractivity contribution in [3.05, 3.63) is 78.4 Å². The molecule has 3 rings (SSSR count). The van der Waals surface area contributed by atoms with Crippen LogP contribution in [-0.2, 0) is 14.8 Å². The van der Waals surface area contributed by atoms with E-state index in [1.54, 1.807) is 6.07 Å². The van der Waals surface area contributed by atoms with Gasteiger partial charge in [0.05, 0.1) is 23.1 Å². The Hall–Kier alpha value is -3.50. The number of hydrogen-bond donors (Lipinski definition) is 2. The number of sulfonamides is 1.